The molecular weight excluding hydrogens is 340 g/mol. The van der Waals surface area contributed by atoms with Gasteiger partial charge in [0.15, 0.2) is 17.2 Å². The highest BCUT2D eigenvalue weighted by Crippen LogP contribution is 2.65. The first-order valence-corrected chi connectivity index (χ1v) is 10.3. The van der Waals surface area contributed by atoms with Crippen molar-refractivity contribution < 1.29 is 19.1 Å². The highest BCUT2D eigenvalue weighted by atomic mass is 16.6. The standard InChI is InChI=1S/C23H30O4/c1-13-11-20-18(17-6-5-16(26)12-19(13)17)7-9-22(4)21(20)8-10-23(22,14(2)24)27-15(3)25/h11-12,17-18,20-21H,5-10H2,1-4H3/t17-,18-,20-,21+,22+,23+/m0/s1. The molecule has 4 nitrogen and oxygen atoms in total. The predicted molar refractivity (Wildman–Crippen MR) is 102 cm³/mol. The van der Waals surface area contributed by atoms with E-state index in [-0.39, 0.29) is 23.0 Å². The second-order valence-corrected chi connectivity index (χ2v) is 9.38. The number of rotatable bonds is 2. The summed E-state index contributed by atoms with van der Waals surface area (Å²) in [7, 11) is 0. The molecule has 0 aromatic heterocycles. The molecule has 4 aliphatic rings. The number of fused-ring (bicyclic) bond motifs is 5. The van der Waals surface area contributed by atoms with Crippen LogP contribution in [0.2, 0.25) is 0 Å². The van der Waals surface area contributed by atoms with Crippen molar-refractivity contribution in [3.05, 3.63) is 23.3 Å². The Morgan fingerprint density at radius 3 is 2.56 bits per heavy atom. The third kappa shape index (κ3) is 2.51. The van der Waals surface area contributed by atoms with E-state index in [0.29, 0.717) is 36.5 Å². The van der Waals surface area contributed by atoms with Crippen LogP contribution in [0.5, 0.6) is 0 Å². The van der Waals surface area contributed by atoms with E-state index < -0.39 is 5.60 Å². The summed E-state index contributed by atoms with van der Waals surface area (Å²) >= 11 is 0. The van der Waals surface area contributed by atoms with Gasteiger partial charge in [0.1, 0.15) is 0 Å². The van der Waals surface area contributed by atoms with Gasteiger partial charge in [0, 0.05) is 18.8 Å². The normalized spacial score (nSPS) is 43.0. The highest BCUT2D eigenvalue weighted by molar-refractivity contribution is 5.92. The molecule has 146 valence electrons. The Kier molecular flexibility index (Phi) is 4.25. The van der Waals surface area contributed by atoms with Crippen LogP contribution in [0.15, 0.2) is 23.3 Å². The van der Waals surface area contributed by atoms with Crippen molar-refractivity contribution in [1.29, 1.82) is 0 Å². The first-order valence-electron chi connectivity index (χ1n) is 10.3. The lowest BCUT2D eigenvalue weighted by Crippen LogP contribution is -2.57. The van der Waals surface area contributed by atoms with Crippen molar-refractivity contribution >= 4 is 17.5 Å². The summed E-state index contributed by atoms with van der Waals surface area (Å²) in [6, 6.07) is 0. The third-order valence-electron chi connectivity index (χ3n) is 8.22. The lowest BCUT2D eigenvalue weighted by molar-refractivity contribution is -0.184. The molecule has 0 amide bonds. The molecule has 0 unspecified atom stereocenters. The van der Waals surface area contributed by atoms with E-state index in [0.717, 1.165) is 25.7 Å². The van der Waals surface area contributed by atoms with E-state index in [2.05, 4.69) is 19.9 Å². The summed E-state index contributed by atoms with van der Waals surface area (Å²) in [6.45, 7) is 7.29. The summed E-state index contributed by atoms with van der Waals surface area (Å²) in [5, 5.41) is 0. The van der Waals surface area contributed by atoms with E-state index in [4.69, 9.17) is 4.74 Å². The molecule has 0 spiro atoms. The molecule has 4 heteroatoms. The molecule has 6 atom stereocenters. The van der Waals surface area contributed by atoms with Gasteiger partial charge in [-0.05, 0) is 81.3 Å². The Morgan fingerprint density at radius 2 is 1.89 bits per heavy atom. The van der Waals surface area contributed by atoms with Gasteiger partial charge in [-0.2, -0.15) is 0 Å². The van der Waals surface area contributed by atoms with Gasteiger partial charge in [0.25, 0.3) is 0 Å². The van der Waals surface area contributed by atoms with Gasteiger partial charge in [-0.1, -0.05) is 18.6 Å². The predicted octanol–water partition coefficient (Wildman–Crippen LogP) is 4.19. The number of ether oxygens (including phenoxy) is 1. The van der Waals surface area contributed by atoms with Crippen LogP contribution in [0.1, 0.15) is 66.2 Å². The second kappa shape index (κ2) is 6.15. The maximum absolute atomic E-state index is 12.7. The smallest absolute Gasteiger partial charge is 0.303 e. The molecule has 0 radical (unpaired) electrons. The quantitative estimate of drug-likeness (QED) is 0.684. The molecule has 0 bridgehead atoms. The van der Waals surface area contributed by atoms with Crippen LogP contribution in [0.25, 0.3) is 0 Å². The molecule has 4 rings (SSSR count). The molecule has 0 N–H and O–H groups in total. The number of carbonyl (C=O) groups is 3. The summed E-state index contributed by atoms with van der Waals surface area (Å²) in [5.74, 6) is 1.61. The molecular formula is C23H30O4. The Morgan fingerprint density at radius 1 is 1.15 bits per heavy atom. The van der Waals surface area contributed by atoms with Gasteiger partial charge in [-0.15, -0.1) is 0 Å². The lowest BCUT2D eigenvalue weighted by Gasteiger charge is -2.54. The average molecular weight is 370 g/mol. The van der Waals surface area contributed by atoms with Crippen molar-refractivity contribution in [2.75, 3.05) is 0 Å². The highest BCUT2D eigenvalue weighted by Gasteiger charge is 2.66. The van der Waals surface area contributed by atoms with Crippen molar-refractivity contribution in [2.24, 2.45) is 29.1 Å². The molecule has 2 fully saturated rings. The van der Waals surface area contributed by atoms with Crippen molar-refractivity contribution in [3.8, 4) is 0 Å². The number of hydrogen-bond acceptors (Lipinski definition) is 4. The van der Waals surface area contributed by atoms with Gasteiger partial charge in [-0.3, -0.25) is 14.4 Å². The Bertz CT molecular complexity index is 775. The average Bonchev–Trinajstić information content (AvgIpc) is 2.89. The molecule has 2 saturated carbocycles. The monoisotopic (exact) mass is 370 g/mol. The molecule has 27 heavy (non-hydrogen) atoms. The number of carbonyl (C=O) groups excluding carboxylic acids is 3. The molecule has 0 saturated heterocycles. The van der Waals surface area contributed by atoms with Crippen LogP contribution in [0, 0.1) is 29.1 Å². The Hall–Kier alpha value is -1.71. The molecule has 0 aliphatic heterocycles. The minimum Gasteiger partial charge on any atom is -0.451 e. The zero-order valence-electron chi connectivity index (χ0n) is 16.8. The van der Waals surface area contributed by atoms with Crippen LogP contribution in [0.4, 0.5) is 0 Å². The molecule has 0 aromatic rings. The van der Waals surface area contributed by atoms with Crippen molar-refractivity contribution in [1.82, 2.24) is 0 Å². The first kappa shape index (κ1) is 18.6. The van der Waals surface area contributed by atoms with Crippen LogP contribution >= 0.6 is 0 Å². The van der Waals surface area contributed by atoms with E-state index in [9.17, 15) is 14.4 Å². The minimum absolute atomic E-state index is 0.0125. The van der Waals surface area contributed by atoms with E-state index in [1.165, 1.54) is 18.1 Å². The van der Waals surface area contributed by atoms with Crippen molar-refractivity contribution in [2.45, 2.75) is 71.8 Å². The van der Waals surface area contributed by atoms with Crippen LogP contribution < -0.4 is 0 Å². The summed E-state index contributed by atoms with van der Waals surface area (Å²) in [4.78, 5) is 36.5. The van der Waals surface area contributed by atoms with Gasteiger partial charge in [0.05, 0.1) is 0 Å². The van der Waals surface area contributed by atoms with E-state index >= 15 is 0 Å². The zero-order valence-corrected chi connectivity index (χ0v) is 16.8. The number of esters is 1. The lowest BCUT2D eigenvalue weighted by atomic mass is 9.51. The summed E-state index contributed by atoms with van der Waals surface area (Å²) in [6.07, 6.45) is 9.29. The first-order chi connectivity index (χ1) is 12.7. The van der Waals surface area contributed by atoms with Gasteiger partial charge >= 0.3 is 5.97 Å². The fourth-order valence-electron chi connectivity index (χ4n) is 7.04. The number of Topliss-reactive ketones (excluding diaryl/α,β-unsaturated/α-hetero) is 1. The number of allylic oxidation sites excluding steroid dienone is 4. The fourth-order valence-corrected chi connectivity index (χ4v) is 7.04. The zero-order chi connectivity index (χ0) is 19.6. The largest absolute Gasteiger partial charge is 0.451 e. The maximum atomic E-state index is 12.7. The number of hydrogen-bond donors (Lipinski definition) is 0. The minimum atomic E-state index is -0.977. The SMILES string of the molecule is CC(=O)O[C@@]1(C(C)=O)CC[C@@H]2[C@H]3C=C(C)C4=CC(=O)CC[C@H]4[C@@H]3CC[C@]21C. The topological polar surface area (TPSA) is 60.4 Å². The second-order valence-electron chi connectivity index (χ2n) is 9.38. The van der Waals surface area contributed by atoms with Crippen LogP contribution in [-0.4, -0.2) is 23.1 Å². The molecule has 0 aromatic carbocycles. The Balaban J connectivity index is 1.75. The maximum Gasteiger partial charge on any atom is 0.303 e. The summed E-state index contributed by atoms with van der Waals surface area (Å²) in [5.41, 5.74) is 1.18. The molecule has 4 aliphatic carbocycles. The van der Waals surface area contributed by atoms with Crippen molar-refractivity contribution in [3.63, 3.8) is 0 Å². The fraction of sp³-hybridized carbons (Fsp3) is 0.696. The molecule has 0 heterocycles. The number of ketones is 2. The third-order valence-corrected chi connectivity index (χ3v) is 8.22. The van der Waals surface area contributed by atoms with Crippen LogP contribution in [-0.2, 0) is 19.1 Å². The Labute approximate surface area is 161 Å². The van der Waals surface area contributed by atoms with E-state index in [1.54, 1.807) is 6.92 Å². The van der Waals surface area contributed by atoms with Crippen LogP contribution in [0.3, 0.4) is 0 Å². The van der Waals surface area contributed by atoms with Gasteiger partial charge < -0.3 is 4.74 Å². The van der Waals surface area contributed by atoms with E-state index in [1.807, 2.05) is 6.08 Å². The van der Waals surface area contributed by atoms with Gasteiger partial charge in [0.2, 0.25) is 0 Å². The van der Waals surface area contributed by atoms with Gasteiger partial charge in [-0.25, -0.2) is 0 Å². The summed E-state index contributed by atoms with van der Waals surface area (Å²) < 4.78 is 5.79.